The second-order valence-corrected chi connectivity index (χ2v) is 3.84. The third-order valence-corrected chi connectivity index (χ3v) is 2.61. The number of amides is 1. The summed E-state index contributed by atoms with van der Waals surface area (Å²) in [6.07, 6.45) is -1.53. The fourth-order valence-corrected chi connectivity index (χ4v) is 1.58. The van der Waals surface area contributed by atoms with E-state index in [9.17, 15) is 9.59 Å². The molecular weight excluding hydrogens is 200 g/mol. The van der Waals surface area contributed by atoms with Crippen molar-refractivity contribution >= 4 is 11.9 Å². The molecule has 0 radical (unpaired) electrons. The number of hydrogen-bond donors (Lipinski definition) is 4. The highest BCUT2D eigenvalue weighted by atomic mass is 16.4. The highest BCUT2D eigenvalue weighted by molar-refractivity contribution is 5.80. The van der Waals surface area contributed by atoms with Crippen LogP contribution in [-0.2, 0) is 9.59 Å². The number of aliphatic hydroxyl groups is 1. The van der Waals surface area contributed by atoms with E-state index in [0.29, 0.717) is 6.54 Å². The molecule has 1 rings (SSSR count). The molecule has 0 saturated carbocycles. The largest absolute Gasteiger partial charge is 0.479 e. The fourth-order valence-electron chi connectivity index (χ4n) is 1.58. The molecule has 0 aromatic carbocycles. The molecule has 0 unspecified atom stereocenters. The number of aliphatic hydroxyl groups excluding tert-OH is 1. The molecule has 15 heavy (non-hydrogen) atoms. The SMILES string of the molecule is C[C@@H]1CNC[C@H]1C(=O)NC[C@H](O)C(=O)O. The summed E-state index contributed by atoms with van der Waals surface area (Å²) >= 11 is 0. The van der Waals surface area contributed by atoms with E-state index in [0.717, 1.165) is 6.54 Å². The van der Waals surface area contributed by atoms with Gasteiger partial charge in [0.15, 0.2) is 6.10 Å². The maximum atomic E-state index is 11.5. The van der Waals surface area contributed by atoms with Crippen LogP contribution >= 0.6 is 0 Å². The van der Waals surface area contributed by atoms with Crippen LogP contribution < -0.4 is 10.6 Å². The molecule has 6 heteroatoms. The summed E-state index contributed by atoms with van der Waals surface area (Å²) in [5.74, 6) is -1.42. The van der Waals surface area contributed by atoms with Gasteiger partial charge < -0.3 is 20.8 Å². The van der Waals surface area contributed by atoms with Crippen LogP contribution in [0.15, 0.2) is 0 Å². The Morgan fingerprint density at radius 3 is 2.67 bits per heavy atom. The lowest BCUT2D eigenvalue weighted by Crippen LogP contribution is -2.41. The molecule has 0 spiro atoms. The quantitative estimate of drug-likeness (QED) is 0.454. The lowest BCUT2D eigenvalue weighted by atomic mass is 9.97. The van der Waals surface area contributed by atoms with Crippen LogP contribution in [0.25, 0.3) is 0 Å². The van der Waals surface area contributed by atoms with E-state index in [1.807, 2.05) is 6.92 Å². The first-order valence-corrected chi connectivity index (χ1v) is 4.91. The number of carboxylic acids is 1. The van der Waals surface area contributed by atoms with Crippen molar-refractivity contribution in [2.45, 2.75) is 13.0 Å². The Morgan fingerprint density at radius 2 is 2.20 bits per heavy atom. The standard InChI is InChI=1S/C9H16N2O4/c1-5-2-10-3-6(5)8(13)11-4-7(12)9(14)15/h5-7,10,12H,2-4H2,1H3,(H,11,13)(H,14,15)/t5-,6-,7+/m1/s1. The predicted octanol–water partition coefficient (Wildman–Crippen LogP) is -1.60. The first-order valence-electron chi connectivity index (χ1n) is 4.91. The van der Waals surface area contributed by atoms with Gasteiger partial charge in [0.25, 0.3) is 0 Å². The Bertz CT molecular complexity index is 256. The van der Waals surface area contributed by atoms with Gasteiger partial charge in [-0.25, -0.2) is 4.79 Å². The first kappa shape index (κ1) is 11.9. The summed E-state index contributed by atoms with van der Waals surface area (Å²) < 4.78 is 0. The molecule has 0 aromatic rings. The van der Waals surface area contributed by atoms with Crippen LogP contribution in [0.2, 0.25) is 0 Å². The van der Waals surface area contributed by atoms with Crippen molar-refractivity contribution in [3.63, 3.8) is 0 Å². The zero-order chi connectivity index (χ0) is 11.4. The van der Waals surface area contributed by atoms with Gasteiger partial charge in [-0.2, -0.15) is 0 Å². The van der Waals surface area contributed by atoms with E-state index in [1.54, 1.807) is 0 Å². The van der Waals surface area contributed by atoms with Crippen molar-refractivity contribution in [3.05, 3.63) is 0 Å². The summed E-state index contributed by atoms with van der Waals surface area (Å²) in [5.41, 5.74) is 0. The minimum atomic E-state index is -1.53. The summed E-state index contributed by atoms with van der Waals surface area (Å²) in [6, 6.07) is 0. The number of hydrogen-bond acceptors (Lipinski definition) is 4. The fraction of sp³-hybridized carbons (Fsp3) is 0.778. The Labute approximate surface area is 87.7 Å². The summed E-state index contributed by atoms with van der Waals surface area (Å²) in [5, 5.41) is 22.9. The smallest absolute Gasteiger partial charge is 0.334 e. The number of rotatable bonds is 4. The lowest BCUT2D eigenvalue weighted by molar-refractivity contribution is -0.146. The third kappa shape index (κ3) is 3.17. The van der Waals surface area contributed by atoms with Crippen LogP contribution in [0.1, 0.15) is 6.92 Å². The second-order valence-electron chi connectivity index (χ2n) is 3.84. The van der Waals surface area contributed by atoms with Crippen LogP contribution in [0.3, 0.4) is 0 Å². The molecule has 4 N–H and O–H groups in total. The van der Waals surface area contributed by atoms with E-state index in [-0.39, 0.29) is 24.3 Å². The van der Waals surface area contributed by atoms with Crippen molar-refractivity contribution in [1.82, 2.24) is 10.6 Å². The van der Waals surface area contributed by atoms with E-state index >= 15 is 0 Å². The number of carbonyl (C=O) groups is 2. The number of aliphatic carboxylic acids is 1. The van der Waals surface area contributed by atoms with Gasteiger partial charge in [-0.15, -0.1) is 0 Å². The van der Waals surface area contributed by atoms with E-state index in [4.69, 9.17) is 10.2 Å². The molecule has 1 aliphatic rings. The summed E-state index contributed by atoms with van der Waals surface area (Å²) in [4.78, 5) is 21.8. The molecule has 0 bridgehead atoms. The molecule has 0 aromatic heterocycles. The average molecular weight is 216 g/mol. The third-order valence-electron chi connectivity index (χ3n) is 2.61. The van der Waals surface area contributed by atoms with Gasteiger partial charge in [-0.1, -0.05) is 6.92 Å². The van der Waals surface area contributed by atoms with Gasteiger partial charge >= 0.3 is 5.97 Å². The predicted molar refractivity (Wildman–Crippen MR) is 52.2 cm³/mol. The van der Waals surface area contributed by atoms with Gasteiger partial charge in [0.1, 0.15) is 0 Å². The van der Waals surface area contributed by atoms with Crippen LogP contribution in [0.4, 0.5) is 0 Å². The molecule has 6 nitrogen and oxygen atoms in total. The van der Waals surface area contributed by atoms with Gasteiger partial charge in [0.2, 0.25) is 5.91 Å². The van der Waals surface area contributed by atoms with Gasteiger partial charge in [-0.05, 0) is 12.5 Å². The maximum Gasteiger partial charge on any atom is 0.334 e. The number of carboxylic acid groups (broad SMARTS) is 1. The van der Waals surface area contributed by atoms with Gasteiger partial charge in [0, 0.05) is 6.54 Å². The molecule has 0 aliphatic carbocycles. The number of carbonyl (C=O) groups excluding carboxylic acids is 1. The van der Waals surface area contributed by atoms with Gasteiger partial charge in [-0.3, -0.25) is 4.79 Å². The topological polar surface area (TPSA) is 98.7 Å². The Morgan fingerprint density at radius 1 is 1.53 bits per heavy atom. The first-order chi connectivity index (χ1) is 7.02. The maximum absolute atomic E-state index is 11.5. The monoisotopic (exact) mass is 216 g/mol. The molecule has 1 heterocycles. The Kier molecular flexibility index (Phi) is 4.05. The van der Waals surface area contributed by atoms with E-state index < -0.39 is 12.1 Å². The van der Waals surface area contributed by atoms with Crippen molar-refractivity contribution in [2.24, 2.45) is 11.8 Å². The minimum absolute atomic E-state index is 0.133. The van der Waals surface area contributed by atoms with Crippen molar-refractivity contribution in [1.29, 1.82) is 0 Å². The summed E-state index contributed by atoms with van der Waals surface area (Å²) in [7, 11) is 0. The van der Waals surface area contributed by atoms with Crippen molar-refractivity contribution in [3.8, 4) is 0 Å². The molecule has 1 saturated heterocycles. The molecule has 1 amide bonds. The highest BCUT2D eigenvalue weighted by Crippen LogP contribution is 2.15. The van der Waals surface area contributed by atoms with Crippen LogP contribution in [0.5, 0.6) is 0 Å². The van der Waals surface area contributed by atoms with Gasteiger partial charge in [0.05, 0.1) is 12.5 Å². The zero-order valence-corrected chi connectivity index (χ0v) is 8.56. The van der Waals surface area contributed by atoms with Crippen molar-refractivity contribution in [2.75, 3.05) is 19.6 Å². The summed E-state index contributed by atoms with van der Waals surface area (Å²) in [6.45, 7) is 3.12. The van der Waals surface area contributed by atoms with Crippen molar-refractivity contribution < 1.29 is 19.8 Å². The average Bonchev–Trinajstić information content (AvgIpc) is 2.60. The molecule has 1 fully saturated rings. The zero-order valence-electron chi connectivity index (χ0n) is 8.56. The Hall–Kier alpha value is -1.14. The second kappa shape index (κ2) is 5.09. The molecule has 3 atom stereocenters. The van der Waals surface area contributed by atoms with E-state index in [2.05, 4.69) is 10.6 Å². The molecular formula is C9H16N2O4. The normalized spacial score (nSPS) is 27.3. The van der Waals surface area contributed by atoms with Crippen LogP contribution in [0, 0.1) is 11.8 Å². The lowest BCUT2D eigenvalue weighted by Gasteiger charge is -2.14. The minimum Gasteiger partial charge on any atom is -0.479 e. The molecule has 86 valence electrons. The number of nitrogens with one attached hydrogen (secondary N) is 2. The van der Waals surface area contributed by atoms with Crippen LogP contribution in [-0.4, -0.2) is 47.8 Å². The highest BCUT2D eigenvalue weighted by Gasteiger charge is 2.29. The van der Waals surface area contributed by atoms with E-state index in [1.165, 1.54) is 0 Å². The molecule has 1 aliphatic heterocycles. The Balaban J connectivity index is 2.32.